The highest BCUT2D eigenvalue weighted by Crippen LogP contribution is 2.50. The van der Waals surface area contributed by atoms with Gasteiger partial charge in [-0.15, -0.1) is 0 Å². The zero-order valence-corrected chi connectivity index (χ0v) is 8.44. The van der Waals surface area contributed by atoms with E-state index in [2.05, 4.69) is 0 Å². The van der Waals surface area contributed by atoms with Crippen molar-refractivity contribution in [3.05, 3.63) is 39.4 Å². The van der Waals surface area contributed by atoms with Gasteiger partial charge in [-0.2, -0.15) is 4.39 Å². The van der Waals surface area contributed by atoms with E-state index in [-0.39, 0.29) is 18.4 Å². The lowest BCUT2D eigenvalue weighted by atomic mass is 9.95. The average molecular weight is 243 g/mol. The van der Waals surface area contributed by atoms with Gasteiger partial charge in [-0.3, -0.25) is 14.9 Å². The van der Waals surface area contributed by atoms with Gasteiger partial charge in [0.25, 0.3) is 0 Å². The van der Waals surface area contributed by atoms with Crippen LogP contribution < -0.4 is 0 Å². The SMILES string of the molecule is O=C(O)C1(c2cc(F)c([N+](=O)[O-])cc2F)CC1. The van der Waals surface area contributed by atoms with Gasteiger partial charge in [0, 0.05) is 5.56 Å². The minimum absolute atomic E-state index is 0.205. The van der Waals surface area contributed by atoms with Gasteiger partial charge in [0.1, 0.15) is 5.82 Å². The highest BCUT2D eigenvalue weighted by atomic mass is 19.1. The lowest BCUT2D eigenvalue weighted by molar-refractivity contribution is -0.387. The first kappa shape index (κ1) is 11.4. The van der Waals surface area contributed by atoms with Crippen LogP contribution in [0, 0.1) is 21.7 Å². The Hall–Kier alpha value is -2.05. The molecule has 1 aliphatic carbocycles. The van der Waals surface area contributed by atoms with E-state index in [0.717, 1.165) is 0 Å². The zero-order chi connectivity index (χ0) is 12.8. The number of hydrogen-bond donors (Lipinski definition) is 1. The zero-order valence-electron chi connectivity index (χ0n) is 8.44. The number of aliphatic carboxylic acids is 1. The van der Waals surface area contributed by atoms with Gasteiger partial charge in [-0.1, -0.05) is 0 Å². The van der Waals surface area contributed by atoms with Gasteiger partial charge in [0.15, 0.2) is 0 Å². The maximum atomic E-state index is 13.6. The van der Waals surface area contributed by atoms with Crippen LogP contribution in [0.4, 0.5) is 14.5 Å². The Balaban J connectivity index is 2.55. The summed E-state index contributed by atoms with van der Waals surface area (Å²) < 4.78 is 26.9. The maximum Gasteiger partial charge on any atom is 0.314 e. The number of benzene rings is 1. The quantitative estimate of drug-likeness (QED) is 0.650. The maximum absolute atomic E-state index is 13.6. The van der Waals surface area contributed by atoms with Crippen LogP contribution in [0.25, 0.3) is 0 Å². The highest BCUT2D eigenvalue weighted by molar-refractivity contribution is 5.85. The van der Waals surface area contributed by atoms with Crippen molar-refractivity contribution in [2.24, 2.45) is 0 Å². The Morgan fingerprint density at radius 3 is 2.35 bits per heavy atom. The van der Waals surface area contributed by atoms with E-state index in [1.807, 2.05) is 0 Å². The number of nitrogens with zero attached hydrogens (tertiary/aromatic N) is 1. The third kappa shape index (κ3) is 1.63. The average Bonchev–Trinajstić information content (AvgIpc) is 3.01. The number of hydrogen-bond acceptors (Lipinski definition) is 3. The van der Waals surface area contributed by atoms with Crippen LogP contribution in [0.1, 0.15) is 18.4 Å². The standard InChI is InChI=1S/C10H7F2NO4/c11-6-4-8(13(16)17)7(12)3-5(6)10(1-2-10)9(14)15/h3-4H,1-2H2,(H,14,15). The van der Waals surface area contributed by atoms with Crippen molar-refractivity contribution in [2.75, 3.05) is 0 Å². The Kier molecular flexibility index (Phi) is 2.34. The Morgan fingerprint density at radius 2 is 1.94 bits per heavy atom. The van der Waals surface area contributed by atoms with E-state index >= 15 is 0 Å². The van der Waals surface area contributed by atoms with Crippen LogP contribution >= 0.6 is 0 Å². The molecule has 0 bridgehead atoms. The van der Waals surface area contributed by atoms with Gasteiger partial charge in [0.05, 0.1) is 16.4 Å². The summed E-state index contributed by atoms with van der Waals surface area (Å²) in [7, 11) is 0. The van der Waals surface area contributed by atoms with Gasteiger partial charge < -0.3 is 5.11 Å². The fraction of sp³-hybridized carbons (Fsp3) is 0.300. The molecule has 0 spiro atoms. The smallest absolute Gasteiger partial charge is 0.314 e. The summed E-state index contributed by atoms with van der Waals surface area (Å²) in [5.41, 5.74) is -2.74. The van der Waals surface area contributed by atoms with E-state index in [1.54, 1.807) is 0 Å². The molecule has 0 atom stereocenters. The molecule has 1 aromatic carbocycles. The van der Waals surface area contributed by atoms with Gasteiger partial charge in [0.2, 0.25) is 5.82 Å². The predicted octanol–water partition coefficient (Wildman–Crippen LogP) is 1.99. The molecule has 1 saturated carbocycles. The Labute approximate surface area is 93.8 Å². The Bertz CT molecular complexity index is 525. The third-order valence-electron chi connectivity index (χ3n) is 2.91. The molecular weight excluding hydrogens is 236 g/mol. The van der Waals surface area contributed by atoms with Crippen molar-refractivity contribution >= 4 is 11.7 Å². The Morgan fingerprint density at radius 1 is 1.35 bits per heavy atom. The van der Waals surface area contributed by atoms with E-state index in [0.29, 0.717) is 12.1 Å². The molecular formula is C10H7F2NO4. The second-order valence-corrected chi connectivity index (χ2v) is 3.93. The van der Waals surface area contributed by atoms with E-state index in [4.69, 9.17) is 5.11 Å². The van der Waals surface area contributed by atoms with Crippen molar-refractivity contribution < 1.29 is 23.6 Å². The number of carboxylic acids is 1. The van der Waals surface area contributed by atoms with Gasteiger partial charge in [-0.25, -0.2) is 4.39 Å². The number of rotatable bonds is 3. The normalized spacial score (nSPS) is 16.6. The fourth-order valence-electron chi connectivity index (χ4n) is 1.77. The van der Waals surface area contributed by atoms with Crippen LogP contribution in [0.3, 0.4) is 0 Å². The number of nitro benzene ring substituents is 1. The van der Waals surface area contributed by atoms with Gasteiger partial charge >= 0.3 is 11.7 Å². The highest BCUT2D eigenvalue weighted by Gasteiger charge is 2.53. The molecule has 1 aliphatic rings. The van der Waals surface area contributed by atoms with Crippen molar-refractivity contribution in [3.8, 4) is 0 Å². The molecule has 0 saturated heterocycles. The summed E-state index contributed by atoms with van der Waals surface area (Å²) in [5, 5.41) is 19.3. The molecule has 0 aliphatic heterocycles. The number of carboxylic acid groups (broad SMARTS) is 1. The second-order valence-electron chi connectivity index (χ2n) is 3.93. The van der Waals surface area contributed by atoms with Crippen molar-refractivity contribution in [1.82, 2.24) is 0 Å². The van der Waals surface area contributed by atoms with E-state index in [9.17, 15) is 23.7 Å². The summed E-state index contributed by atoms with van der Waals surface area (Å²) in [6, 6.07) is 1.03. The topological polar surface area (TPSA) is 80.4 Å². The molecule has 1 fully saturated rings. The summed E-state index contributed by atoms with van der Waals surface area (Å²) in [4.78, 5) is 20.3. The molecule has 5 nitrogen and oxygen atoms in total. The number of nitro groups is 1. The first-order valence-electron chi connectivity index (χ1n) is 4.76. The largest absolute Gasteiger partial charge is 0.481 e. The van der Waals surface area contributed by atoms with Crippen molar-refractivity contribution in [2.45, 2.75) is 18.3 Å². The monoisotopic (exact) mass is 243 g/mol. The lowest BCUT2D eigenvalue weighted by Crippen LogP contribution is -2.21. The van der Waals surface area contributed by atoms with Crippen LogP contribution in [-0.2, 0) is 10.2 Å². The molecule has 1 N–H and O–H groups in total. The fourth-order valence-corrected chi connectivity index (χ4v) is 1.77. The number of carbonyl (C=O) groups is 1. The molecule has 17 heavy (non-hydrogen) atoms. The molecule has 0 aromatic heterocycles. The first-order valence-corrected chi connectivity index (χ1v) is 4.76. The van der Waals surface area contributed by atoms with Crippen LogP contribution in [0.15, 0.2) is 12.1 Å². The minimum Gasteiger partial charge on any atom is -0.481 e. The summed E-state index contributed by atoms with van der Waals surface area (Å²) in [5.74, 6) is -3.53. The van der Waals surface area contributed by atoms with Crippen molar-refractivity contribution in [3.63, 3.8) is 0 Å². The summed E-state index contributed by atoms with van der Waals surface area (Å²) >= 11 is 0. The second kappa shape index (κ2) is 3.47. The molecule has 7 heteroatoms. The van der Waals surface area contributed by atoms with E-state index < -0.39 is 33.6 Å². The summed E-state index contributed by atoms with van der Waals surface area (Å²) in [6.07, 6.45) is 0.410. The number of halogens is 2. The van der Waals surface area contributed by atoms with Crippen molar-refractivity contribution in [1.29, 1.82) is 0 Å². The molecule has 1 aromatic rings. The minimum atomic E-state index is -1.42. The van der Waals surface area contributed by atoms with E-state index in [1.165, 1.54) is 0 Å². The predicted molar refractivity (Wildman–Crippen MR) is 51.6 cm³/mol. The lowest BCUT2D eigenvalue weighted by Gasteiger charge is -2.11. The molecule has 0 heterocycles. The first-order chi connectivity index (χ1) is 7.88. The molecule has 2 rings (SSSR count). The van der Waals surface area contributed by atoms with Crippen LogP contribution in [-0.4, -0.2) is 16.0 Å². The van der Waals surface area contributed by atoms with Gasteiger partial charge in [-0.05, 0) is 18.9 Å². The molecule has 0 radical (unpaired) electrons. The molecule has 90 valence electrons. The van der Waals surface area contributed by atoms with Crippen LogP contribution in [0.5, 0.6) is 0 Å². The molecule has 0 amide bonds. The third-order valence-corrected chi connectivity index (χ3v) is 2.91. The summed E-state index contributed by atoms with van der Waals surface area (Å²) in [6.45, 7) is 0. The molecule has 0 unspecified atom stereocenters. The van der Waals surface area contributed by atoms with Crippen LogP contribution in [0.2, 0.25) is 0 Å².